The van der Waals surface area contributed by atoms with E-state index in [0.29, 0.717) is 18.6 Å². The van der Waals surface area contributed by atoms with Crippen LogP contribution >= 0.6 is 0 Å². The highest BCUT2D eigenvalue weighted by Crippen LogP contribution is 2.19. The molecule has 282 valence electrons. The molecule has 12 nitrogen and oxygen atoms in total. The van der Waals surface area contributed by atoms with E-state index in [1.807, 2.05) is 56.3 Å². The van der Waals surface area contributed by atoms with Crippen LogP contribution in [0.2, 0.25) is 0 Å². The van der Waals surface area contributed by atoms with Crippen LogP contribution in [0.25, 0.3) is 0 Å². The molecule has 0 bridgehead atoms. The van der Waals surface area contributed by atoms with Crippen molar-refractivity contribution in [1.29, 1.82) is 0 Å². The lowest BCUT2D eigenvalue weighted by Crippen LogP contribution is -2.56. The Kier molecular flexibility index (Phi) is 14.4. The average molecular weight is 725 g/mol. The fraction of sp³-hybridized carbons (Fsp3) is 0.439. The van der Waals surface area contributed by atoms with Gasteiger partial charge in [0.1, 0.15) is 23.9 Å². The molecule has 5 rings (SSSR count). The molecule has 3 aromatic rings. The summed E-state index contributed by atoms with van der Waals surface area (Å²) in [4.78, 5) is 70.6. The van der Waals surface area contributed by atoms with Gasteiger partial charge in [-0.25, -0.2) is 0 Å². The first kappa shape index (κ1) is 39.0. The van der Waals surface area contributed by atoms with Crippen molar-refractivity contribution >= 4 is 29.5 Å². The Morgan fingerprint density at radius 3 is 2.23 bits per heavy atom. The Balaban J connectivity index is 1.35. The lowest BCUT2D eigenvalue weighted by molar-refractivity contribution is -0.133. The molecule has 5 N–H and O–H groups in total. The maximum absolute atomic E-state index is 13.7. The predicted molar refractivity (Wildman–Crippen MR) is 202 cm³/mol. The summed E-state index contributed by atoms with van der Waals surface area (Å²) in [6.07, 6.45) is 2.99. The molecular weight excluding hydrogens is 672 g/mol. The zero-order valence-corrected chi connectivity index (χ0v) is 30.7. The highest BCUT2D eigenvalue weighted by Gasteiger charge is 2.31. The van der Waals surface area contributed by atoms with E-state index in [9.17, 15) is 24.0 Å². The number of nitrogens with zero attached hydrogens (tertiary/aromatic N) is 1. The molecule has 0 saturated carbocycles. The van der Waals surface area contributed by atoms with Crippen LogP contribution in [0, 0.1) is 5.92 Å². The molecule has 12 heteroatoms. The quantitative estimate of drug-likeness (QED) is 0.227. The van der Waals surface area contributed by atoms with Crippen LogP contribution in [0.1, 0.15) is 73.0 Å². The van der Waals surface area contributed by atoms with E-state index in [1.165, 1.54) is 18.4 Å². The average Bonchev–Trinajstić information content (AvgIpc) is 3.66. The summed E-state index contributed by atoms with van der Waals surface area (Å²) in [5, 5.41) is 14.2. The number of carbonyl (C=O) groups excluding carboxylic acids is 5. The van der Waals surface area contributed by atoms with Crippen LogP contribution in [-0.4, -0.2) is 78.8 Å². The van der Waals surface area contributed by atoms with Gasteiger partial charge in [0, 0.05) is 26.1 Å². The fourth-order valence-electron chi connectivity index (χ4n) is 6.56. The highest BCUT2D eigenvalue weighted by molar-refractivity contribution is 6.01. The van der Waals surface area contributed by atoms with Gasteiger partial charge in [0.15, 0.2) is 0 Å². The van der Waals surface area contributed by atoms with Crippen molar-refractivity contribution < 1.29 is 28.7 Å². The van der Waals surface area contributed by atoms with Crippen LogP contribution in [0.5, 0.6) is 5.75 Å². The summed E-state index contributed by atoms with van der Waals surface area (Å²) >= 11 is 0. The number of benzene rings is 3. The van der Waals surface area contributed by atoms with E-state index in [1.54, 1.807) is 24.3 Å². The van der Waals surface area contributed by atoms with E-state index in [2.05, 4.69) is 43.6 Å². The fourth-order valence-corrected chi connectivity index (χ4v) is 6.56. The molecule has 53 heavy (non-hydrogen) atoms. The van der Waals surface area contributed by atoms with E-state index in [0.717, 1.165) is 30.8 Å². The van der Waals surface area contributed by atoms with E-state index in [4.69, 9.17) is 4.74 Å². The minimum atomic E-state index is -1.26. The van der Waals surface area contributed by atoms with Gasteiger partial charge in [-0.1, -0.05) is 80.6 Å². The zero-order valence-electron chi connectivity index (χ0n) is 30.7. The number of para-hydroxylation sites is 1. The van der Waals surface area contributed by atoms with Gasteiger partial charge in [0.2, 0.25) is 23.6 Å². The molecular formula is C41H52N6O6. The van der Waals surface area contributed by atoms with Gasteiger partial charge in [-0.15, -0.1) is 0 Å². The molecule has 2 heterocycles. The molecule has 5 amide bonds. The molecule has 1 saturated heterocycles. The molecule has 0 spiro atoms. The maximum Gasteiger partial charge on any atom is 0.255 e. The molecule has 3 atom stereocenters. The van der Waals surface area contributed by atoms with Gasteiger partial charge < -0.3 is 31.3 Å². The van der Waals surface area contributed by atoms with Crippen LogP contribution in [0.4, 0.5) is 0 Å². The first-order valence-corrected chi connectivity index (χ1v) is 18.7. The number of nitrogens with one attached hydrogen (secondary N) is 5. The maximum atomic E-state index is 13.7. The van der Waals surface area contributed by atoms with Crippen molar-refractivity contribution in [1.82, 2.24) is 31.5 Å². The Morgan fingerprint density at radius 2 is 1.49 bits per heavy atom. The third kappa shape index (κ3) is 12.2. The van der Waals surface area contributed by atoms with Gasteiger partial charge in [0.05, 0.1) is 18.6 Å². The molecule has 3 aromatic carbocycles. The summed E-state index contributed by atoms with van der Waals surface area (Å²) in [5.41, 5.74) is 3.13. The summed E-state index contributed by atoms with van der Waals surface area (Å²) in [5.74, 6) is -2.30. The molecule has 0 unspecified atom stereocenters. The molecule has 0 aliphatic carbocycles. The van der Waals surface area contributed by atoms with E-state index >= 15 is 0 Å². The molecule has 2 aliphatic rings. The second-order valence-corrected chi connectivity index (χ2v) is 14.2. The monoisotopic (exact) mass is 724 g/mol. The Morgan fingerprint density at radius 1 is 0.792 bits per heavy atom. The third-order valence-electron chi connectivity index (χ3n) is 9.39. The smallest absolute Gasteiger partial charge is 0.255 e. The van der Waals surface area contributed by atoms with Crippen molar-refractivity contribution in [3.63, 3.8) is 0 Å². The first-order valence-electron chi connectivity index (χ1n) is 18.7. The number of likely N-dealkylation sites (tertiary alicyclic amines) is 1. The van der Waals surface area contributed by atoms with Crippen molar-refractivity contribution in [3.05, 3.63) is 101 Å². The normalized spacial score (nSPS) is 20.8. The van der Waals surface area contributed by atoms with Crippen molar-refractivity contribution in [2.24, 2.45) is 5.92 Å². The summed E-state index contributed by atoms with van der Waals surface area (Å²) in [7, 11) is 0. The minimum Gasteiger partial charge on any atom is -0.493 e. The number of rotatable bonds is 9. The summed E-state index contributed by atoms with van der Waals surface area (Å²) < 4.78 is 5.94. The van der Waals surface area contributed by atoms with Gasteiger partial charge in [-0.3, -0.25) is 28.9 Å². The van der Waals surface area contributed by atoms with Crippen LogP contribution in [0.15, 0.2) is 78.9 Å². The van der Waals surface area contributed by atoms with Gasteiger partial charge in [0.25, 0.3) is 5.91 Å². The molecule has 2 aliphatic heterocycles. The van der Waals surface area contributed by atoms with Gasteiger partial charge in [-0.2, -0.15) is 0 Å². The second kappa shape index (κ2) is 19.6. The number of hydrogen-bond donors (Lipinski definition) is 5. The topological polar surface area (TPSA) is 158 Å². The lowest BCUT2D eigenvalue weighted by Gasteiger charge is -2.25. The Bertz CT molecular complexity index is 1690. The number of ether oxygens (including phenoxy) is 1. The minimum absolute atomic E-state index is 0.0161. The molecule has 0 aromatic heterocycles. The predicted octanol–water partition coefficient (Wildman–Crippen LogP) is 3.24. The SMILES string of the molecule is CC(C)C[C@@H]1NC(=O)C[C@@H](C(=O)NCc2ccc(CN3CCCC3)cc2)NC(=O)c2ccccc2OCCCNC(=O)[C@H](Cc2ccccc2)NC1=O. The standard InChI is InChI=1S/C41H52N6O6/c1-28(2)23-33-41(52)46-34(24-29-11-4-3-5-12-29)39(50)42-19-10-22-53-36-14-7-6-13-32(36)38(49)45-35(25-37(48)44-33)40(51)43-26-30-15-17-31(18-16-30)27-47-20-8-9-21-47/h3-7,11-18,28,33-35H,8-10,19-27H2,1-2H3,(H,42,50)(H,43,51)(H,44,48)(H,45,49)(H,46,52)/t33-,34-,35-/m0/s1. The summed E-state index contributed by atoms with van der Waals surface area (Å²) in [6, 6.07) is 20.9. The van der Waals surface area contributed by atoms with Crippen molar-refractivity contribution in [2.45, 2.75) is 83.6 Å². The molecule has 1 fully saturated rings. The van der Waals surface area contributed by atoms with E-state index in [-0.39, 0.29) is 43.5 Å². The summed E-state index contributed by atoms with van der Waals surface area (Å²) in [6.45, 7) is 7.59. The van der Waals surface area contributed by atoms with E-state index < -0.39 is 48.2 Å². The van der Waals surface area contributed by atoms with Gasteiger partial charge >= 0.3 is 0 Å². The Labute approximate surface area is 311 Å². The largest absolute Gasteiger partial charge is 0.493 e. The zero-order chi connectivity index (χ0) is 37.6. The Hall–Kier alpha value is -5.23. The van der Waals surface area contributed by atoms with Crippen molar-refractivity contribution in [2.75, 3.05) is 26.2 Å². The number of carbonyl (C=O) groups is 5. The van der Waals surface area contributed by atoms with Crippen LogP contribution in [-0.2, 0) is 38.7 Å². The van der Waals surface area contributed by atoms with Crippen LogP contribution in [0.3, 0.4) is 0 Å². The lowest BCUT2D eigenvalue weighted by atomic mass is 10.0. The van der Waals surface area contributed by atoms with Crippen molar-refractivity contribution in [3.8, 4) is 5.75 Å². The van der Waals surface area contributed by atoms with Crippen LogP contribution < -0.4 is 31.3 Å². The second-order valence-electron chi connectivity index (χ2n) is 14.2. The first-order chi connectivity index (χ1) is 25.6. The third-order valence-corrected chi connectivity index (χ3v) is 9.39. The number of amides is 5. The van der Waals surface area contributed by atoms with Gasteiger partial charge in [-0.05, 0) is 73.5 Å². The number of fused-ring (bicyclic) bond motifs is 1. The highest BCUT2D eigenvalue weighted by atomic mass is 16.5. The molecule has 0 radical (unpaired) electrons. The number of hydrogen-bond acceptors (Lipinski definition) is 7.